The van der Waals surface area contributed by atoms with E-state index in [0.29, 0.717) is 23.9 Å². The summed E-state index contributed by atoms with van der Waals surface area (Å²) in [6.45, 7) is 6.14. The summed E-state index contributed by atoms with van der Waals surface area (Å²) in [4.78, 5) is 42.1. The normalized spacial score (nSPS) is 14.6. The minimum absolute atomic E-state index is 0.0106. The highest BCUT2D eigenvalue weighted by atomic mass is 35.5. The second kappa shape index (κ2) is 8.71. The topological polar surface area (TPSA) is 70.2 Å². The molecule has 1 aliphatic rings. The van der Waals surface area contributed by atoms with Crippen molar-refractivity contribution >= 4 is 35.0 Å². The third-order valence-corrected chi connectivity index (χ3v) is 4.50. The first-order valence-electron chi connectivity index (χ1n) is 8.75. The molecule has 3 amide bonds. The van der Waals surface area contributed by atoms with Gasteiger partial charge in [-0.25, -0.2) is 0 Å². The Morgan fingerprint density at radius 3 is 2.41 bits per heavy atom. The second-order valence-electron chi connectivity index (χ2n) is 7.50. The zero-order valence-electron chi connectivity index (χ0n) is 16.2. The number of carbonyl (C=O) groups excluding carboxylic acids is 3. The summed E-state index contributed by atoms with van der Waals surface area (Å²) >= 11 is 5.88. The first-order valence-corrected chi connectivity index (χ1v) is 9.13. The van der Waals surface area contributed by atoms with Gasteiger partial charge in [0, 0.05) is 29.8 Å². The van der Waals surface area contributed by atoms with Crippen molar-refractivity contribution in [1.82, 2.24) is 9.80 Å². The molecule has 2 rings (SSSR count). The molecule has 0 spiro atoms. The molecular formula is C19H26ClN3O4. The predicted molar refractivity (Wildman–Crippen MR) is 103 cm³/mol. The van der Waals surface area contributed by atoms with Gasteiger partial charge < -0.3 is 14.5 Å². The Labute approximate surface area is 164 Å². The Morgan fingerprint density at radius 2 is 1.85 bits per heavy atom. The summed E-state index contributed by atoms with van der Waals surface area (Å²) in [5.41, 5.74) is 0.0752. The zero-order valence-corrected chi connectivity index (χ0v) is 17.0. The number of hydrogen-bond acceptors (Lipinski definition) is 4. The van der Waals surface area contributed by atoms with E-state index in [-0.39, 0.29) is 37.5 Å². The fourth-order valence-corrected chi connectivity index (χ4v) is 2.88. The average Bonchev–Trinajstić information content (AvgIpc) is 2.99. The maximum absolute atomic E-state index is 12.7. The Morgan fingerprint density at radius 1 is 1.22 bits per heavy atom. The zero-order chi connectivity index (χ0) is 20.2. The van der Waals surface area contributed by atoms with Gasteiger partial charge in [0.05, 0.1) is 13.2 Å². The molecule has 1 aromatic carbocycles. The molecule has 0 N–H and O–H groups in total. The molecule has 0 radical (unpaired) electrons. The SMILES string of the molecule is COCCN(CC(=O)N1CC(=O)N(c2ccc(Cl)cc2)C1)C(=O)C(C)(C)C. The van der Waals surface area contributed by atoms with Crippen LogP contribution >= 0.6 is 11.6 Å². The third kappa shape index (κ3) is 5.43. The average molecular weight is 396 g/mol. The molecule has 1 saturated heterocycles. The summed E-state index contributed by atoms with van der Waals surface area (Å²) < 4.78 is 5.05. The standard InChI is InChI=1S/C19H26ClN3O4/c1-19(2,3)18(26)21(9-10-27-4)11-16(24)22-12-17(25)23(13-22)15-7-5-14(20)6-8-15/h5-8H,9-13H2,1-4H3. The minimum atomic E-state index is -0.607. The van der Waals surface area contributed by atoms with Crippen LogP contribution in [-0.4, -0.2) is 67.5 Å². The Kier molecular flexibility index (Phi) is 6.84. The number of methoxy groups -OCH3 is 1. The van der Waals surface area contributed by atoms with E-state index in [0.717, 1.165) is 0 Å². The molecular weight excluding hydrogens is 370 g/mol. The molecule has 148 valence electrons. The smallest absolute Gasteiger partial charge is 0.248 e. The summed E-state index contributed by atoms with van der Waals surface area (Å²) in [6.07, 6.45) is 0. The lowest BCUT2D eigenvalue weighted by Gasteiger charge is -2.30. The number of rotatable bonds is 6. The Bertz CT molecular complexity index is 700. The van der Waals surface area contributed by atoms with Crippen LogP contribution in [0, 0.1) is 5.41 Å². The fraction of sp³-hybridized carbons (Fsp3) is 0.526. The van der Waals surface area contributed by atoms with E-state index in [1.165, 1.54) is 14.7 Å². The van der Waals surface area contributed by atoms with Gasteiger partial charge in [0.15, 0.2) is 0 Å². The summed E-state index contributed by atoms with van der Waals surface area (Å²) in [5, 5.41) is 0.577. The van der Waals surface area contributed by atoms with Crippen LogP contribution in [0.15, 0.2) is 24.3 Å². The van der Waals surface area contributed by atoms with Gasteiger partial charge in [-0.2, -0.15) is 0 Å². The van der Waals surface area contributed by atoms with Crippen LogP contribution in [0.3, 0.4) is 0 Å². The van der Waals surface area contributed by atoms with Crippen LogP contribution in [-0.2, 0) is 19.1 Å². The highest BCUT2D eigenvalue weighted by molar-refractivity contribution is 6.30. The molecule has 1 heterocycles. The van der Waals surface area contributed by atoms with E-state index in [9.17, 15) is 14.4 Å². The molecule has 0 aromatic heterocycles. The van der Waals surface area contributed by atoms with Crippen LogP contribution in [0.5, 0.6) is 0 Å². The summed E-state index contributed by atoms with van der Waals surface area (Å²) in [5.74, 6) is -0.572. The van der Waals surface area contributed by atoms with Crippen LogP contribution in [0.25, 0.3) is 0 Å². The number of amides is 3. The first-order chi connectivity index (χ1) is 12.6. The third-order valence-electron chi connectivity index (χ3n) is 4.25. The molecule has 1 fully saturated rings. The van der Waals surface area contributed by atoms with Gasteiger partial charge in [-0.1, -0.05) is 32.4 Å². The Balaban J connectivity index is 2.06. The van der Waals surface area contributed by atoms with E-state index in [1.807, 2.05) is 0 Å². The number of halogens is 1. The monoisotopic (exact) mass is 395 g/mol. The van der Waals surface area contributed by atoms with Crippen LogP contribution in [0.2, 0.25) is 5.02 Å². The second-order valence-corrected chi connectivity index (χ2v) is 7.94. The maximum atomic E-state index is 12.7. The fourth-order valence-electron chi connectivity index (χ4n) is 2.75. The predicted octanol–water partition coefficient (Wildman–Crippen LogP) is 1.99. The van der Waals surface area contributed by atoms with Crippen molar-refractivity contribution in [3.8, 4) is 0 Å². The quantitative estimate of drug-likeness (QED) is 0.738. The lowest BCUT2D eigenvalue weighted by atomic mass is 9.94. The number of carbonyl (C=O) groups is 3. The number of hydrogen-bond donors (Lipinski definition) is 0. The van der Waals surface area contributed by atoms with Crippen LogP contribution < -0.4 is 4.90 Å². The highest BCUT2D eigenvalue weighted by Crippen LogP contribution is 2.22. The molecule has 0 aliphatic carbocycles. The molecule has 1 aliphatic heterocycles. The molecule has 0 bridgehead atoms. The van der Waals surface area contributed by atoms with Crippen molar-refractivity contribution in [3.05, 3.63) is 29.3 Å². The van der Waals surface area contributed by atoms with Crippen LogP contribution in [0.1, 0.15) is 20.8 Å². The lowest BCUT2D eigenvalue weighted by Crippen LogP contribution is -2.47. The number of nitrogens with zero attached hydrogens (tertiary/aromatic N) is 3. The maximum Gasteiger partial charge on any atom is 0.248 e. The van der Waals surface area contributed by atoms with E-state index < -0.39 is 5.41 Å². The summed E-state index contributed by atoms with van der Waals surface area (Å²) in [7, 11) is 1.55. The Hall–Kier alpha value is -2.12. The van der Waals surface area contributed by atoms with E-state index in [1.54, 1.807) is 52.1 Å². The van der Waals surface area contributed by atoms with Crippen molar-refractivity contribution in [2.24, 2.45) is 5.41 Å². The molecule has 8 heteroatoms. The van der Waals surface area contributed by atoms with Crippen LogP contribution in [0.4, 0.5) is 5.69 Å². The van der Waals surface area contributed by atoms with E-state index in [2.05, 4.69) is 0 Å². The molecule has 7 nitrogen and oxygen atoms in total. The van der Waals surface area contributed by atoms with Gasteiger partial charge in [0.1, 0.15) is 13.2 Å². The molecule has 1 aromatic rings. The molecule has 0 atom stereocenters. The van der Waals surface area contributed by atoms with E-state index in [4.69, 9.17) is 16.3 Å². The minimum Gasteiger partial charge on any atom is -0.383 e. The molecule has 0 saturated carbocycles. The summed E-state index contributed by atoms with van der Waals surface area (Å²) in [6, 6.07) is 6.87. The van der Waals surface area contributed by atoms with Gasteiger partial charge in [0.25, 0.3) is 0 Å². The first kappa shape index (κ1) is 21.2. The van der Waals surface area contributed by atoms with Crippen molar-refractivity contribution < 1.29 is 19.1 Å². The molecule has 27 heavy (non-hydrogen) atoms. The highest BCUT2D eigenvalue weighted by Gasteiger charge is 2.34. The lowest BCUT2D eigenvalue weighted by molar-refractivity contribution is -0.145. The van der Waals surface area contributed by atoms with E-state index >= 15 is 0 Å². The van der Waals surface area contributed by atoms with Crippen molar-refractivity contribution in [2.75, 3.05) is 44.9 Å². The molecule has 0 unspecified atom stereocenters. The van der Waals surface area contributed by atoms with Gasteiger partial charge in [-0.15, -0.1) is 0 Å². The number of anilines is 1. The van der Waals surface area contributed by atoms with Gasteiger partial charge in [-0.3, -0.25) is 19.3 Å². The van der Waals surface area contributed by atoms with Crippen molar-refractivity contribution in [2.45, 2.75) is 20.8 Å². The largest absolute Gasteiger partial charge is 0.383 e. The van der Waals surface area contributed by atoms with Gasteiger partial charge in [0.2, 0.25) is 17.7 Å². The van der Waals surface area contributed by atoms with Gasteiger partial charge in [-0.05, 0) is 24.3 Å². The number of benzene rings is 1. The van der Waals surface area contributed by atoms with Crippen molar-refractivity contribution in [3.63, 3.8) is 0 Å². The van der Waals surface area contributed by atoms with Gasteiger partial charge >= 0.3 is 0 Å². The number of ether oxygens (including phenoxy) is 1. The van der Waals surface area contributed by atoms with Crippen molar-refractivity contribution in [1.29, 1.82) is 0 Å².